The first-order chi connectivity index (χ1) is 9.26. The first-order valence-electron chi connectivity index (χ1n) is 6.37. The molecule has 96 valence electrons. The molecule has 0 radical (unpaired) electrons. The Morgan fingerprint density at radius 3 is 2.95 bits per heavy atom. The molecule has 2 aromatic heterocycles. The number of fused-ring (bicyclic) bond motifs is 1. The van der Waals surface area contributed by atoms with Crippen LogP contribution in [-0.2, 0) is 6.42 Å². The Kier molecular flexibility index (Phi) is 3.01. The molecule has 0 spiro atoms. The highest BCUT2D eigenvalue weighted by atomic mass is 14.8. The molecule has 0 saturated heterocycles. The van der Waals surface area contributed by atoms with Crippen molar-refractivity contribution in [2.24, 2.45) is 5.73 Å². The summed E-state index contributed by atoms with van der Waals surface area (Å²) in [7, 11) is 0. The Morgan fingerprint density at radius 1 is 1.21 bits per heavy atom. The van der Waals surface area contributed by atoms with E-state index >= 15 is 0 Å². The van der Waals surface area contributed by atoms with Crippen LogP contribution in [0.4, 0.5) is 0 Å². The van der Waals surface area contributed by atoms with Crippen molar-refractivity contribution < 1.29 is 0 Å². The summed E-state index contributed by atoms with van der Waals surface area (Å²) in [6.07, 6.45) is 4.29. The van der Waals surface area contributed by atoms with E-state index in [0.29, 0.717) is 6.54 Å². The van der Waals surface area contributed by atoms with Gasteiger partial charge in [-0.1, -0.05) is 11.6 Å². The molecule has 2 heterocycles. The van der Waals surface area contributed by atoms with Gasteiger partial charge in [-0.15, -0.1) is 0 Å². The third-order valence-corrected chi connectivity index (χ3v) is 3.14. The second-order valence-electron chi connectivity index (χ2n) is 4.71. The summed E-state index contributed by atoms with van der Waals surface area (Å²) in [5.41, 5.74) is 10.7. The fourth-order valence-electron chi connectivity index (χ4n) is 2.19. The number of aromatic nitrogens is 3. The van der Waals surface area contributed by atoms with Crippen LogP contribution in [-0.4, -0.2) is 21.5 Å². The van der Waals surface area contributed by atoms with Crippen molar-refractivity contribution in [3.05, 3.63) is 47.9 Å². The van der Waals surface area contributed by atoms with Crippen LogP contribution in [0.5, 0.6) is 0 Å². The van der Waals surface area contributed by atoms with Gasteiger partial charge >= 0.3 is 0 Å². The van der Waals surface area contributed by atoms with Crippen LogP contribution in [0.25, 0.3) is 22.3 Å². The molecule has 0 bridgehead atoms. The highest BCUT2D eigenvalue weighted by Crippen LogP contribution is 2.23. The number of H-pyrrole nitrogens is 1. The van der Waals surface area contributed by atoms with Crippen LogP contribution in [0.3, 0.4) is 0 Å². The predicted molar refractivity (Wildman–Crippen MR) is 76.8 cm³/mol. The predicted octanol–water partition coefficient (Wildman–Crippen LogP) is 2.43. The number of aromatic amines is 1. The van der Waals surface area contributed by atoms with Crippen molar-refractivity contribution in [2.45, 2.75) is 13.3 Å². The van der Waals surface area contributed by atoms with Crippen molar-refractivity contribution >= 4 is 10.9 Å². The fourth-order valence-corrected chi connectivity index (χ4v) is 2.19. The lowest BCUT2D eigenvalue weighted by molar-refractivity contribution is 0.909. The zero-order valence-corrected chi connectivity index (χ0v) is 10.9. The number of nitrogens with zero attached hydrogens (tertiary/aromatic N) is 2. The molecule has 4 nitrogen and oxygen atoms in total. The molecule has 1 aromatic carbocycles. The SMILES string of the molecule is Cc1ccc2[nH]c(-c3cncc(CCN)n3)cc2c1. The molecule has 0 amide bonds. The Hall–Kier alpha value is -2.20. The second kappa shape index (κ2) is 4.82. The van der Waals surface area contributed by atoms with Gasteiger partial charge in [0, 0.05) is 23.5 Å². The van der Waals surface area contributed by atoms with Gasteiger partial charge in [-0.25, -0.2) is 4.98 Å². The Balaban J connectivity index is 2.05. The molecule has 0 aliphatic heterocycles. The molecular weight excluding hydrogens is 236 g/mol. The van der Waals surface area contributed by atoms with Gasteiger partial charge in [-0.3, -0.25) is 4.98 Å². The first-order valence-corrected chi connectivity index (χ1v) is 6.37. The minimum Gasteiger partial charge on any atom is -0.353 e. The lowest BCUT2D eigenvalue weighted by atomic mass is 10.2. The summed E-state index contributed by atoms with van der Waals surface area (Å²) in [5, 5.41) is 1.20. The minimum absolute atomic E-state index is 0.587. The lowest BCUT2D eigenvalue weighted by Gasteiger charge is -2.00. The van der Waals surface area contributed by atoms with E-state index in [4.69, 9.17) is 5.73 Å². The average Bonchev–Trinajstić information content (AvgIpc) is 2.82. The maximum atomic E-state index is 5.55. The standard InChI is InChI=1S/C15H16N4/c1-10-2-3-13-11(6-10)7-14(19-13)15-9-17-8-12(18-15)4-5-16/h2-3,6-9,19H,4-5,16H2,1H3. The Morgan fingerprint density at radius 2 is 2.11 bits per heavy atom. The van der Waals surface area contributed by atoms with Crippen molar-refractivity contribution in [3.63, 3.8) is 0 Å². The average molecular weight is 252 g/mol. The van der Waals surface area contributed by atoms with E-state index in [1.807, 2.05) is 0 Å². The summed E-state index contributed by atoms with van der Waals surface area (Å²) >= 11 is 0. The minimum atomic E-state index is 0.587. The van der Waals surface area contributed by atoms with E-state index in [1.165, 1.54) is 10.9 Å². The number of nitrogens with two attached hydrogens (primary N) is 1. The lowest BCUT2D eigenvalue weighted by Crippen LogP contribution is -2.05. The van der Waals surface area contributed by atoms with Gasteiger partial charge in [0.1, 0.15) is 5.69 Å². The van der Waals surface area contributed by atoms with Crippen molar-refractivity contribution in [2.75, 3.05) is 6.54 Å². The quantitative estimate of drug-likeness (QED) is 0.752. The van der Waals surface area contributed by atoms with Crippen molar-refractivity contribution in [3.8, 4) is 11.4 Å². The Bertz CT molecular complexity index is 715. The molecule has 0 aliphatic carbocycles. The first kappa shape index (κ1) is 11.9. The van der Waals surface area contributed by atoms with E-state index in [2.05, 4.69) is 46.1 Å². The van der Waals surface area contributed by atoms with Crippen LogP contribution in [0.2, 0.25) is 0 Å². The summed E-state index contributed by atoms with van der Waals surface area (Å²) in [4.78, 5) is 12.2. The third-order valence-electron chi connectivity index (χ3n) is 3.14. The van der Waals surface area contributed by atoms with Crippen molar-refractivity contribution in [1.29, 1.82) is 0 Å². The molecule has 0 fully saturated rings. The van der Waals surface area contributed by atoms with Gasteiger partial charge in [0.05, 0.1) is 17.6 Å². The number of benzene rings is 1. The summed E-state index contributed by atoms with van der Waals surface area (Å²) in [6.45, 7) is 2.68. The second-order valence-corrected chi connectivity index (χ2v) is 4.71. The number of rotatable bonds is 3. The van der Waals surface area contributed by atoms with E-state index in [0.717, 1.165) is 29.0 Å². The van der Waals surface area contributed by atoms with Crippen LogP contribution in [0.1, 0.15) is 11.3 Å². The number of hydrogen-bond donors (Lipinski definition) is 2. The molecule has 0 aliphatic rings. The van der Waals surface area contributed by atoms with Crippen LogP contribution in [0.15, 0.2) is 36.7 Å². The van der Waals surface area contributed by atoms with E-state index in [1.54, 1.807) is 12.4 Å². The van der Waals surface area contributed by atoms with Gasteiger partial charge in [0.25, 0.3) is 0 Å². The molecule has 19 heavy (non-hydrogen) atoms. The zero-order chi connectivity index (χ0) is 13.2. The molecule has 0 atom stereocenters. The molecule has 0 unspecified atom stereocenters. The molecule has 0 saturated carbocycles. The number of hydrogen-bond acceptors (Lipinski definition) is 3. The van der Waals surface area contributed by atoms with Gasteiger partial charge in [-0.05, 0) is 31.7 Å². The smallest absolute Gasteiger partial charge is 0.105 e. The maximum absolute atomic E-state index is 5.55. The number of nitrogens with one attached hydrogen (secondary N) is 1. The maximum Gasteiger partial charge on any atom is 0.105 e. The molecule has 3 rings (SSSR count). The zero-order valence-electron chi connectivity index (χ0n) is 10.9. The van der Waals surface area contributed by atoms with Crippen LogP contribution < -0.4 is 5.73 Å². The molecular formula is C15H16N4. The summed E-state index contributed by atoms with van der Waals surface area (Å²) < 4.78 is 0. The van der Waals surface area contributed by atoms with Gasteiger partial charge in [0.2, 0.25) is 0 Å². The molecule has 4 heteroatoms. The summed E-state index contributed by atoms with van der Waals surface area (Å²) in [6, 6.07) is 8.45. The molecule has 3 N–H and O–H groups in total. The topological polar surface area (TPSA) is 67.6 Å². The molecule has 3 aromatic rings. The normalized spacial score (nSPS) is 11.1. The number of aryl methyl sites for hydroxylation is 1. The third kappa shape index (κ3) is 2.35. The van der Waals surface area contributed by atoms with E-state index in [9.17, 15) is 0 Å². The largest absolute Gasteiger partial charge is 0.353 e. The van der Waals surface area contributed by atoms with Gasteiger partial charge in [0.15, 0.2) is 0 Å². The monoisotopic (exact) mass is 252 g/mol. The Labute approximate surface area is 111 Å². The highest BCUT2D eigenvalue weighted by Gasteiger charge is 2.06. The van der Waals surface area contributed by atoms with Crippen molar-refractivity contribution in [1.82, 2.24) is 15.0 Å². The fraction of sp³-hybridized carbons (Fsp3) is 0.200. The van der Waals surface area contributed by atoms with Gasteiger partial charge in [-0.2, -0.15) is 0 Å². The van der Waals surface area contributed by atoms with E-state index < -0.39 is 0 Å². The van der Waals surface area contributed by atoms with Crippen LogP contribution >= 0.6 is 0 Å². The van der Waals surface area contributed by atoms with Gasteiger partial charge < -0.3 is 10.7 Å². The van der Waals surface area contributed by atoms with Crippen LogP contribution in [0, 0.1) is 6.92 Å². The summed E-state index contributed by atoms with van der Waals surface area (Å²) in [5.74, 6) is 0. The highest BCUT2D eigenvalue weighted by molar-refractivity contribution is 5.85. The van der Waals surface area contributed by atoms with E-state index in [-0.39, 0.29) is 0 Å².